The number of rotatable bonds is 9. The number of ether oxygens (including phenoxy) is 3. The molecule has 1 aliphatic heterocycles. The minimum atomic E-state index is -0.654. The van der Waals surface area contributed by atoms with Crippen LogP contribution in [-0.4, -0.2) is 24.3 Å². The Bertz CT molecular complexity index is 1780. The summed E-state index contributed by atoms with van der Waals surface area (Å²) < 4.78 is 32.2. The number of halogens is 1. The molecule has 0 aliphatic carbocycles. The van der Waals surface area contributed by atoms with Crippen LogP contribution in [0.25, 0.3) is 6.08 Å². The highest BCUT2D eigenvalue weighted by Gasteiger charge is 2.33. The van der Waals surface area contributed by atoms with Gasteiger partial charge >= 0.3 is 5.97 Å². The summed E-state index contributed by atoms with van der Waals surface area (Å²) in [5, 5.41) is 0. The fraction of sp³-hybridized carbons (Fsp3) is 0.219. The average Bonchev–Trinajstić information content (AvgIpc) is 3.30. The largest absolute Gasteiger partial charge is 0.490 e. The van der Waals surface area contributed by atoms with Gasteiger partial charge in [0.1, 0.15) is 12.4 Å². The summed E-state index contributed by atoms with van der Waals surface area (Å²) in [6, 6.07) is 20.3. The van der Waals surface area contributed by atoms with Gasteiger partial charge in [-0.3, -0.25) is 9.36 Å². The number of aromatic nitrogens is 1. The second kappa shape index (κ2) is 12.3. The molecule has 0 N–H and O–H groups in total. The molecular formula is C32H29FN2O5S. The molecule has 210 valence electrons. The molecular weight excluding hydrogens is 543 g/mol. The van der Waals surface area contributed by atoms with Crippen LogP contribution in [0.5, 0.6) is 11.5 Å². The first kappa shape index (κ1) is 28.0. The first-order valence-electron chi connectivity index (χ1n) is 13.3. The van der Waals surface area contributed by atoms with Crippen LogP contribution in [0.2, 0.25) is 0 Å². The molecule has 0 unspecified atom stereocenters. The standard InChI is InChI=1S/C32H29FN2O5S/c1-4-24-28(31(37)38-3)29(22-9-7-6-8-10-22)35-30(36)27(41-32(35)34-24)18-21-13-16-25(26(17-21)39-5-2)40-19-20-11-14-23(33)15-12-20/h6-18,29H,4-5,19H2,1-3H3/b27-18-/t29-/m0/s1. The number of carbonyl (C=O) groups excluding carboxylic acids is 1. The Labute approximate surface area is 240 Å². The maximum atomic E-state index is 13.8. The van der Waals surface area contributed by atoms with Crippen LogP contribution < -0.4 is 24.4 Å². The number of fused-ring (bicyclic) bond motifs is 1. The van der Waals surface area contributed by atoms with E-state index in [-0.39, 0.29) is 18.0 Å². The van der Waals surface area contributed by atoms with E-state index < -0.39 is 12.0 Å². The summed E-state index contributed by atoms with van der Waals surface area (Å²) in [6.45, 7) is 4.47. The topological polar surface area (TPSA) is 79.1 Å². The monoisotopic (exact) mass is 572 g/mol. The molecule has 4 aromatic rings. The van der Waals surface area contributed by atoms with Crippen molar-refractivity contribution in [3.05, 3.63) is 126 Å². The Hall–Kier alpha value is -4.50. The smallest absolute Gasteiger partial charge is 0.338 e. The highest BCUT2D eigenvalue weighted by atomic mass is 32.1. The molecule has 9 heteroatoms. The molecule has 0 spiro atoms. The minimum absolute atomic E-state index is 0.250. The van der Waals surface area contributed by atoms with Gasteiger partial charge in [-0.05, 0) is 60.4 Å². The van der Waals surface area contributed by atoms with Crippen LogP contribution >= 0.6 is 11.3 Å². The normalized spacial score (nSPS) is 14.8. The van der Waals surface area contributed by atoms with E-state index in [2.05, 4.69) is 0 Å². The van der Waals surface area contributed by atoms with Crippen LogP contribution in [0.15, 0.2) is 93.9 Å². The summed E-state index contributed by atoms with van der Waals surface area (Å²) in [6.07, 6.45) is 2.29. The number of esters is 1. The molecule has 0 saturated heterocycles. The van der Waals surface area contributed by atoms with E-state index in [1.165, 1.54) is 30.6 Å². The Kier molecular flexibility index (Phi) is 8.45. The van der Waals surface area contributed by atoms with Crippen molar-refractivity contribution in [2.45, 2.75) is 32.9 Å². The van der Waals surface area contributed by atoms with Crippen molar-refractivity contribution in [3.63, 3.8) is 0 Å². The number of benzene rings is 3. The third-order valence-corrected chi connectivity index (χ3v) is 7.62. The number of methoxy groups -OCH3 is 1. The SMILES string of the molecule is CCOc1cc(/C=c2\sc3n(c2=O)[C@@H](c2ccccc2)C(C(=O)OC)=C(CC)N=3)ccc1OCc1ccc(F)cc1. The maximum absolute atomic E-state index is 13.8. The number of allylic oxidation sites excluding steroid dienone is 1. The van der Waals surface area contributed by atoms with E-state index in [9.17, 15) is 14.0 Å². The van der Waals surface area contributed by atoms with Gasteiger partial charge in [0.15, 0.2) is 16.3 Å². The van der Waals surface area contributed by atoms with Gasteiger partial charge in [0.05, 0.1) is 35.6 Å². The van der Waals surface area contributed by atoms with Crippen molar-refractivity contribution in [3.8, 4) is 11.5 Å². The van der Waals surface area contributed by atoms with Crippen molar-refractivity contribution in [1.29, 1.82) is 0 Å². The second-order valence-corrected chi connectivity index (χ2v) is 10.3. The molecule has 1 aromatic heterocycles. The summed E-state index contributed by atoms with van der Waals surface area (Å²) >= 11 is 1.27. The van der Waals surface area contributed by atoms with Gasteiger partial charge in [0, 0.05) is 0 Å². The lowest BCUT2D eigenvalue weighted by Crippen LogP contribution is -2.40. The van der Waals surface area contributed by atoms with Gasteiger partial charge in [-0.15, -0.1) is 0 Å². The maximum Gasteiger partial charge on any atom is 0.338 e. The zero-order chi connectivity index (χ0) is 28.9. The van der Waals surface area contributed by atoms with Crippen LogP contribution in [0.3, 0.4) is 0 Å². The molecule has 3 aromatic carbocycles. The quantitative estimate of drug-likeness (QED) is 0.266. The Morgan fingerprint density at radius 3 is 2.46 bits per heavy atom. The molecule has 41 heavy (non-hydrogen) atoms. The molecule has 0 saturated carbocycles. The van der Waals surface area contributed by atoms with Gasteiger partial charge in [0.2, 0.25) is 0 Å². The minimum Gasteiger partial charge on any atom is -0.490 e. The summed E-state index contributed by atoms with van der Waals surface area (Å²) in [5.41, 5.74) is 3.06. The predicted octanol–water partition coefficient (Wildman–Crippen LogP) is 4.92. The number of hydrogen-bond acceptors (Lipinski definition) is 7. The number of hydrogen-bond donors (Lipinski definition) is 0. The van der Waals surface area contributed by atoms with E-state index in [1.807, 2.05) is 56.3 Å². The van der Waals surface area contributed by atoms with Crippen molar-refractivity contribution < 1.29 is 23.4 Å². The van der Waals surface area contributed by atoms with Gasteiger partial charge in [-0.2, -0.15) is 0 Å². The Morgan fingerprint density at radius 1 is 1.02 bits per heavy atom. The molecule has 7 nitrogen and oxygen atoms in total. The van der Waals surface area contributed by atoms with E-state index >= 15 is 0 Å². The third-order valence-electron chi connectivity index (χ3n) is 6.64. The first-order chi connectivity index (χ1) is 19.9. The first-order valence-corrected chi connectivity index (χ1v) is 14.1. The summed E-state index contributed by atoms with van der Waals surface area (Å²) in [5.74, 6) is 0.251. The Morgan fingerprint density at radius 2 is 1.78 bits per heavy atom. The second-order valence-electron chi connectivity index (χ2n) is 9.25. The van der Waals surface area contributed by atoms with Crippen LogP contribution in [0.4, 0.5) is 4.39 Å². The van der Waals surface area contributed by atoms with Crippen molar-refractivity contribution in [1.82, 2.24) is 4.57 Å². The molecule has 0 amide bonds. The van der Waals surface area contributed by atoms with Gasteiger partial charge in [0.25, 0.3) is 5.56 Å². The van der Waals surface area contributed by atoms with Crippen molar-refractivity contribution in [2.24, 2.45) is 4.99 Å². The molecule has 0 fully saturated rings. The lowest BCUT2D eigenvalue weighted by molar-refractivity contribution is -0.136. The lowest BCUT2D eigenvalue weighted by Gasteiger charge is -2.25. The lowest BCUT2D eigenvalue weighted by atomic mass is 9.95. The zero-order valence-electron chi connectivity index (χ0n) is 22.9. The highest BCUT2D eigenvalue weighted by Crippen LogP contribution is 2.32. The Balaban J connectivity index is 1.56. The van der Waals surface area contributed by atoms with Crippen LogP contribution in [-0.2, 0) is 16.1 Å². The highest BCUT2D eigenvalue weighted by molar-refractivity contribution is 7.07. The number of nitrogens with zero attached hydrogens (tertiary/aromatic N) is 2. The van der Waals surface area contributed by atoms with E-state index in [0.717, 1.165) is 16.7 Å². The van der Waals surface area contributed by atoms with Crippen LogP contribution in [0.1, 0.15) is 43.0 Å². The molecule has 0 radical (unpaired) electrons. The average molecular weight is 573 g/mol. The van der Waals surface area contributed by atoms with Gasteiger partial charge < -0.3 is 14.2 Å². The molecule has 2 heterocycles. The number of thiazole rings is 1. The zero-order valence-corrected chi connectivity index (χ0v) is 23.7. The van der Waals surface area contributed by atoms with E-state index in [1.54, 1.807) is 28.8 Å². The summed E-state index contributed by atoms with van der Waals surface area (Å²) in [7, 11) is 1.33. The molecule has 0 bridgehead atoms. The van der Waals surface area contributed by atoms with Crippen molar-refractivity contribution >= 4 is 23.4 Å². The molecule has 1 aliphatic rings. The van der Waals surface area contributed by atoms with Crippen molar-refractivity contribution in [2.75, 3.05) is 13.7 Å². The fourth-order valence-electron chi connectivity index (χ4n) is 4.71. The fourth-order valence-corrected chi connectivity index (χ4v) is 5.73. The van der Waals surface area contributed by atoms with Gasteiger partial charge in [-0.1, -0.05) is 66.8 Å². The van der Waals surface area contributed by atoms with Gasteiger partial charge in [-0.25, -0.2) is 14.2 Å². The third kappa shape index (κ3) is 5.85. The summed E-state index contributed by atoms with van der Waals surface area (Å²) in [4.78, 5) is 32.0. The number of carbonyl (C=O) groups is 1. The van der Waals surface area contributed by atoms with E-state index in [4.69, 9.17) is 19.2 Å². The predicted molar refractivity (Wildman–Crippen MR) is 155 cm³/mol. The molecule has 5 rings (SSSR count). The van der Waals surface area contributed by atoms with E-state index in [0.29, 0.717) is 45.1 Å². The van der Waals surface area contributed by atoms with Crippen LogP contribution in [0, 0.1) is 5.82 Å². The molecule has 1 atom stereocenters.